The van der Waals surface area contributed by atoms with Crippen LogP contribution in [0.5, 0.6) is 0 Å². The molecule has 1 fully saturated rings. The third-order valence-electron chi connectivity index (χ3n) is 4.34. The molecule has 1 N–H and O–H groups in total. The Bertz CT molecular complexity index is 594. The number of nitrogens with one attached hydrogen (secondary N) is 1. The van der Waals surface area contributed by atoms with Gasteiger partial charge in [0.1, 0.15) is 5.82 Å². The fourth-order valence-electron chi connectivity index (χ4n) is 3.05. The van der Waals surface area contributed by atoms with E-state index in [4.69, 9.17) is 0 Å². The van der Waals surface area contributed by atoms with Crippen molar-refractivity contribution in [3.63, 3.8) is 0 Å². The Kier molecular flexibility index (Phi) is 3.47. The number of para-hydroxylation sites is 1. The average molecular weight is 269 g/mol. The molecule has 1 aliphatic carbocycles. The van der Waals surface area contributed by atoms with E-state index in [1.54, 1.807) is 6.07 Å². The van der Waals surface area contributed by atoms with Crippen molar-refractivity contribution < 1.29 is 4.39 Å². The normalized spacial score (nSPS) is 21.4. The van der Waals surface area contributed by atoms with Crippen molar-refractivity contribution in [3.8, 4) is 0 Å². The molecule has 104 valence electrons. The molecule has 0 bridgehead atoms. The number of hydrogen-bond acceptors (Lipinski definition) is 1. The quantitative estimate of drug-likeness (QED) is 0.844. The van der Waals surface area contributed by atoms with Gasteiger partial charge in [-0.2, -0.15) is 0 Å². The topological polar surface area (TPSA) is 12.0 Å². The molecule has 2 aromatic carbocycles. The van der Waals surface area contributed by atoms with Crippen LogP contribution in [0.25, 0.3) is 0 Å². The maximum Gasteiger partial charge on any atom is 0.146 e. The summed E-state index contributed by atoms with van der Waals surface area (Å²) in [5.74, 6) is 0.463. The zero-order valence-corrected chi connectivity index (χ0v) is 12.0. The number of halogens is 1. The van der Waals surface area contributed by atoms with Gasteiger partial charge in [0, 0.05) is 6.04 Å². The maximum absolute atomic E-state index is 13.8. The van der Waals surface area contributed by atoms with Crippen LogP contribution < -0.4 is 5.32 Å². The highest BCUT2D eigenvalue weighted by atomic mass is 19.1. The smallest absolute Gasteiger partial charge is 0.146 e. The summed E-state index contributed by atoms with van der Waals surface area (Å²) in [4.78, 5) is 0. The van der Waals surface area contributed by atoms with Crippen molar-refractivity contribution in [1.29, 1.82) is 0 Å². The van der Waals surface area contributed by atoms with E-state index in [1.165, 1.54) is 17.2 Å². The Morgan fingerprint density at radius 2 is 1.65 bits per heavy atom. The number of benzene rings is 2. The van der Waals surface area contributed by atoms with Crippen LogP contribution in [0.2, 0.25) is 0 Å². The molecule has 3 rings (SSSR count). The van der Waals surface area contributed by atoms with Gasteiger partial charge in [0.2, 0.25) is 0 Å². The zero-order valence-electron chi connectivity index (χ0n) is 12.0. The Hall–Kier alpha value is -1.83. The first kappa shape index (κ1) is 13.2. The molecule has 0 atom stereocenters. The molecule has 0 aromatic heterocycles. The van der Waals surface area contributed by atoms with Gasteiger partial charge in [-0.15, -0.1) is 0 Å². The van der Waals surface area contributed by atoms with Crippen LogP contribution in [0.1, 0.15) is 35.4 Å². The third-order valence-corrected chi connectivity index (χ3v) is 4.34. The van der Waals surface area contributed by atoms with Crippen molar-refractivity contribution in [3.05, 3.63) is 65.0 Å². The molecule has 0 spiro atoms. The standard InChI is InChI=1S/C18H20FN/c1-12-6-3-4-8-16(12)14-10-15(11-14)20-18-13(2)7-5-9-17(18)19/h3-9,14-15,20H,10-11H2,1-2H3. The van der Waals surface area contributed by atoms with Gasteiger partial charge in [-0.25, -0.2) is 4.39 Å². The SMILES string of the molecule is Cc1ccccc1C1CC(Nc2c(C)cccc2F)C1. The summed E-state index contributed by atoms with van der Waals surface area (Å²) in [7, 11) is 0. The zero-order chi connectivity index (χ0) is 14.1. The van der Waals surface area contributed by atoms with Crippen LogP contribution in [0.4, 0.5) is 10.1 Å². The van der Waals surface area contributed by atoms with Gasteiger partial charge < -0.3 is 5.32 Å². The van der Waals surface area contributed by atoms with Crippen LogP contribution in [0.3, 0.4) is 0 Å². The van der Waals surface area contributed by atoms with Gasteiger partial charge in [0.25, 0.3) is 0 Å². The molecular weight excluding hydrogens is 249 g/mol. The van der Waals surface area contributed by atoms with Crippen molar-refractivity contribution >= 4 is 5.69 Å². The van der Waals surface area contributed by atoms with E-state index in [-0.39, 0.29) is 5.82 Å². The summed E-state index contributed by atoms with van der Waals surface area (Å²) in [6.45, 7) is 4.11. The number of hydrogen-bond donors (Lipinski definition) is 1. The Morgan fingerprint density at radius 1 is 0.950 bits per heavy atom. The lowest BCUT2D eigenvalue weighted by atomic mass is 9.74. The predicted octanol–water partition coefficient (Wildman–Crippen LogP) is 4.80. The van der Waals surface area contributed by atoms with Crippen molar-refractivity contribution in [2.24, 2.45) is 0 Å². The van der Waals surface area contributed by atoms with Crippen LogP contribution in [0.15, 0.2) is 42.5 Å². The maximum atomic E-state index is 13.8. The first-order valence-corrected chi connectivity index (χ1v) is 7.22. The summed E-state index contributed by atoms with van der Waals surface area (Å²) < 4.78 is 13.8. The summed E-state index contributed by atoms with van der Waals surface area (Å²) in [5, 5.41) is 3.36. The summed E-state index contributed by atoms with van der Waals surface area (Å²) in [6, 6.07) is 14.2. The van der Waals surface area contributed by atoms with E-state index < -0.39 is 0 Å². The van der Waals surface area contributed by atoms with Gasteiger partial charge in [0.15, 0.2) is 0 Å². The van der Waals surface area contributed by atoms with Gasteiger partial charge in [-0.1, -0.05) is 36.4 Å². The minimum absolute atomic E-state index is 0.149. The highest BCUT2D eigenvalue weighted by molar-refractivity contribution is 5.53. The lowest BCUT2D eigenvalue weighted by Gasteiger charge is -2.38. The predicted molar refractivity (Wildman–Crippen MR) is 81.7 cm³/mol. The Balaban J connectivity index is 1.66. The first-order chi connectivity index (χ1) is 9.65. The summed E-state index contributed by atoms with van der Waals surface area (Å²) >= 11 is 0. The third kappa shape index (κ3) is 2.43. The van der Waals surface area contributed by atoms with E-state index in [0.29, 0.717) is 17.6 Å². The molecule has 0 amide bonds. The van der Waals surface area contributed by atoms with Gasteiger partial charge in [-0.05, 0) is 55.4 Å². The minimum Gasteiger partial charge on any atom is -0.380 e. The monoisotopic (exact) mass is 269 g/mol. The molecule has 1 nitrogen and oxygen atoms in total. The largest absolute Gasteiger partial charge is 0.380 e. The van der Waals surface area contributed by atoms with Crippen LogP contribution in [-0.4, -0.2) is 6.04 Å². The average Bonchev–Trinajstić information content (AvgIpc) is 2.37. The Labute approximate surface area is 119 Å². The molecule has 2 heteroatoms. The first-order valence-electron chi connectivity index (χ1n) is 7.22. The molecule has 0 radical (unpaired) electrons. The van der Waals surface area contributed by atoms with Crippen molar-refractivity contribution in [2.45, 2.75) is 38.6 Å². The lowest BCUT2D eigenvalue weighted by molar-refractivity contribution is 0.371. The Morgan fingerprint density at radius 3 is 2.35 bits per heavy atom. The van der Waals surface area contributed by atoms with E-state index in [9.17, 15) is 4.39 Å². The molecule has 0 heterocycles. The van der Waals surface area contributed by atoms with Gasteiger partial charge >= 0.3 is 0 Å². The second-order valence-corrected chi connectivity index (χ2v) is 5.80. The van der Waals surface area contributed by atoms with E-state index >= 15 is 0 Å². The summed E-state index contributed by atoms with van der Waals surface area (Å²) in [6.07, 6.45) is 2.16. The molecule has 2 aromatic rings. The molecule has 0 unspecified atom stereocenters. The molecule has 1 saturated carbocycles. The van der Waals surface area contributed by atoms with Crippen LogP contribution >= 0.6 is 0 Å². The number of anilines is 1. The van der Waals surface area contributed by atoms with Crippen LogP contribution in [-0.2, 0) is 0 Å². The second-order valence-electron chi connectivity index (χ2n) is 5.80. The molecule has 0 aliphatic heterocycles. The number of rotatable bonds is 3. The number of aryl methyl sites for hydroxylation is 2. The molecule has 1 aliphatic rings. The fourth-order valence-corrected chi connectivity index (χ4v) is 3.05. The minimum atomic E-state index is -0.149. The van der Waals surface area contributed by atoms with Crippen molar-refractivity contribution in [2.75, 3.05) is 5.32 Å². The highest BCUT2D eigenvalue weighted by Crippen LogP contribution is 2.40. The molecule has 0 saturated heterocycles. The van der Waals surface area contributed by atoms with E-state index in [0.717, 1.165) is 18.4 Å². The van der Waals surface area contributed by atoms with Gasteiger partial charge in [0.05, 0.1) is 5.69 Å². The van der Waals surface area contributed by atoms with Crippen LogP contribution in [0, 0.1) is 19.7 Å². The fraction of sp³-hybridized carbons (Fsp3) is 0.333. The second kappa shape index (κ2) is 5.28. The summed E-state index contributed by atoms with van der Waals surface area (Å²) in [5.41, 5.74) is 4.44. The molecule has 20 heavy (non-hydrogen) atoms. The highest BCUT2D eigenvalue weighted by Gasteiger charge is 2.31. The van der Waals surface area contributed by atoms with E-state index in [1.807, 2.05) is 13.0 Å². The van der Waals surface area contributed by atoms with Crippen molar-refractivity contribution in [1.82, 2.24) is 0 Å². The van der Waals surface area contributed by atoms with Gasteiger partial charge in [-0.3, -0.25) is 0 Å². The van der Waals surface area contributed by atoms with E-state index in [2.05, 4.69) is 36.5 Å². The molecular formula is C18H20FN. The lowest BCUT2D eigenvalue weighted by Crippen LogP contribution is -2.34.